The van der Waals surface area contributed by atoms with E-state index in [1.165, 1.54) is 0 Å². The summed E-state index contributed by atoms with van der Waals surface area (Å²) < 4.78 is 0. The number of benzene rings is 1. The highest BCUT2D eigenvalue weighted by atomic mass is 35.5. The van der Waals surface area contributed by atoms with E-state index in [4.69, 9.17) is 17.3 Å². The van der Waals surface area contributed by atoms with Gasteiger partial charge in [-0.1, -0.05) is 29.8 Å². The summed E-state index contributed by atoms with van der Waals surface area (Å²) >= 11 is 6.03. The second-order valence-electron chi connectivity index (χ2n) is 7.26. The molecule has 0 amide bonds. The number of hydrogen-bond donors (Lipinski definition) is 1. The molecule has 0 spiro atoms. The van der Waals surface area contributed by atoms with Gasteiger partial charge in [-0.3, -0.25) is 4.90 Å². The average molecular weight is 378 g/mol. The molecule has 0 bridgehead atoms. The van der Waals surface area contributed by atoms with Crippen molar-refractivity contribution in [2.75, 3.05) is 13.1 Å². The third-order valence-electron chi connectivity index (χ3n) is 5.63. The van der Waals surface area contributed by atoms with Crippen molar-refractivity contribution in [1.82, 2.24) is 4.90 Å². The van der Waals surface area contributed by atoms with Crippen molar-refractivity contribution in [3.8, 4) is 18.2 Å². The number of rotatable bonds is 2. The predicted octanol–water partition coefficient (Wildman–Crippen LogP) is 3.47. The molecule has 6 heteroatoms. The first-order valence-corrected chi connectivity index (χ1v) is 9.20. The molecule has 2 atom stereocenters. The number of nitriles is 3. The van der Waals surface area contributed by atoms with Crippen LogP contribution in [0, 0.1) is 45.3 Å². The molecule has 0 saturated heterocycles. The van der Waals surface area contributed by atoms with E-state index in [1.807, 2.05) is 18.2 Å². The van der Waals surface area contributed by atoms with Crippen LogP contribution in [-0.2, 0) is 0 Å². The largest absolute Gasteiger partial charge is 0.399 e. The zero-order valence-corrected chi connectivity index (χ0v) is 16.0. The van der Waals surface area contributed by atoms with Crippen LogP contribution in [0.15, 0.2) is 47.2 Å². The summed E-state index contributed by atoms with van der Waals surface area (Å²) in [5.74, 6) is -0.488. The van der Waals surface area contributed by atoms with Crippen LogP contribution in [0.4, 0.5) is 0 Å². The van der Waals surface area contributed by atoms with Crippen molar-refractivity contribution in [1.29, 1.82) is 15.8 Å². The van der Waals surface area contributed by atoms with E-state index in [9.17, 15) is 15.8 Å². The Labute approximate surface area is 164 Å². The lowest BCUT2D eigenvalue weighted by molar-refractivity contribution is 0.186. The van der Waals surface area contributed by atoms with Crippen LogP contribution >= 0.6 is 11.6 Å². The summed E-state index contributed by atoms with van der Waals surface area (Å²) in [5, 5.41) is 30.2. The summed E-state index contributed by atoms with van der Waals surface area (Å²) in [6.07, 6.45) is 1.95. The molecule has 0 radical (unpaired) electrons. The van der Waals surface area contributed by atoms with Gasteiger partial charge in [-0.05, 0) is 37.1 Å². The van der Waals surface area contributed by atoms with Crippen LogP contribution in [-0.4, -0.2) is 24.0 Å². The Kier molecular flexibility index (Phi) is 4.99. The highest BCUT2D eigenvalue weighted by Crippen LogP contribution is 2.52. The van der Waals surface area contributed by atoms with Crippen LogP contribution in [0.3, 0.4) is 0 Å². The Hall–Kier alpha value is -2.78. The topological polar surface area (TPSA) is 101 Å². The fourth-order valence-corrected chi connectivity index (χ4v) is 4.26. The first-order chi connectivity index (χ1) is 12.9. The van der Waals surface area contributed by atoms with Gasteiger partial charge in [0.1, 0.15) is 0 Å². The highest BCUT2D eigenvalue weighted by molar-refractivity contribution is 6.30. The summed E-state index contributed by atoms with van der Waals surface area (Å²) in [6.45, 7) is 5.52. The Morgan fingerprint density at radius 3 is 2.33 bits per heavy atom. The standard InChI is InChI=1S/C21H20ClN5/c1-13(2)27-8-7-18-17(10-27)19(14-3-5-15(22)6-4-14)16(9-23)20(26)21(18,11-24)12-25/h3-7,13,17,19H,8,10,26H2,1-2H3. The van der Waals surface area contributed by atoms with Gasteiger partial charge in [0.05, 0.1) is 29.5 Å². The monoisotopic (exact) mass is 377 g/mol. The highest BCUT2D eigenvalue weighted by Gasteiger charge is 2.52. The lowest BCUT2D eigenvalue weighted by Gasteiger charge is -2.46. The van der Waals surface area contributed by atoms with Gasteiger partial charge in [-0.25, -0.2) is 0 Å². The lowest BCUT2D eigenvalue weighted by Crippen LogP contribution is -2.48. The molecule has 2 aliphatic rings. The van der Waals surface area contributed by atoms with E-state index in [2.05, 4.69) is 37.0 Å². The van der Waals surface area contributed by atoms with Crippen LogP contribution in [0.1, 0.15) is 25.3 Å². The molecule has 1 aliphatic carbocycles. The van der Waals surface area contributed by atoms with Crippen LogP contribution in [0.2, 0.25) is 5.02 Å². The maximum Gasteiger partial charge on any atom is 0.204 e. The number of nitrogens with two attached hydrogens (primary N) is 1. The summed E-state index contributed by atoms with van der Waals surface area (Å²) in [5.41, 5.74) is 6.67. The van der Waals surface area contributed by atoms with E-state index < -0.39 is 5.41 Å². The zero-order chi connectivity index (χ0) is 19.8. The minimum atomic E-state index is -1.58. The molecule has 2 unspecified atom stereocenters. The third-order valence-corrected chi connectivity index (χ3v) is 5.88. The minimum Gasteiger partial charge on any atom is -0.399 e. The van der Waals surface area contributed by atoms with E-state index in [1.54, 1.807) is 12.1 Å². The Bertz CT molecular complexity index is 923. The molecular formula is C21H20ClN5. The van der Waals surface area contributed by atoms with Crippen LogP contribution in [0.5, 0.6) is 0 Å². The molecule has 27 heavy (non-hydrogen) atoms. The number of hydrogen-bond acceptors (Lipinski definition) is 5. The molecule has 0 saturated carbocycles. The van der Waals surface area contributed by atoms with Gasteiger partial charge in [0.25, 0.3) is 0 Å². The van der Waals surface area contributed by atoms with Crippen molar-refractivity contribution in [3.05, 3.63) is 57.8 Å². The molecule has 1 aromatic carbocycles. The van der Waals surface area contributed by atoms with E-state index >= 15 is 0 Å². The quantitative estimate of drug-likeness (QED) is 0.795. The Morgan fingerprint density at radius 1 is 1.19 bits per heavy atom. The van der Waals surface area contributed by atoms with Crippen LogP contribution in [0.25, 0.3) is 0 Å². The second kappa shape index (κ2) is 7.09. The van der Waals surface area contributed by atoms with Gasteiger partial charge in [0, 0.05) is 36.0 Å². The summed E-state index contributed by atoms with van der Waals surface area (Å²) in [7, 11) is 0. The van der Waals surface area contributed by atoms with Crippen molar-refractivity contribution in [2.45, 2.75) is 25.8 Å². The average Bonchev–Trinajstić information content (AvgIpc) is 2.68. The van der Waals surface area contributed by atoms with Gasteiger partial charge < -0.3 is 5.73 Å². The third kappa shape index (κ3) is 2.88. The Morgan fingerprint density at radius 2 is 1.81 bits per heavy atom. The SMILES string of the molecule is CC(C)N1CC=C2C(C1)C(c1ccc(Cl)cc1)C(C#N)=C(N)C2(C#N)C#N. The van der Waals surface area contributed by atoms with E-state index in [-0.39, 0.29) is 17.5 Å². The molecule has 3 rings (SSSR count). The van der Waals surface area contributed by atoms with Gasteiger partial charge in [0.2, 0.25) is 5.41 Å². The molecule has 0 fully saturated rings. The van der Waals surface area contributed by atoms with E-state index in [0.717, 1.165) is 5.56 Å². The van der Waals surface area contributed by atoms with Crippen molar-refractivity contribution in [2.24, 2.45) is 17.1 Å². The zero-order valence-electron chi connectivity index (χ0n) is 15.3. The fourth-order valence-electron chi connectivity index (χ4n) is 4.13. The van der Waals surface area contributed by atoms with E-state index in [0.29, 0.717) is 35.3 Å². The first-order valence-electron chi connectivity index (χ1n) is 8.82. The molecule has 0 aromatic heterocycles. The lowest BCUT2D eigenvalue weighted by atomic mass is 9.60. The van der Waals surface area contributed by atoms with Gasteiger partial charge in [-0.15, -0.1) is 0 Å². The number of halogens is 1. The van der Waals surface area contributed by atoms with Crippen molar-refractivity contribution < 1.29 is 0 Å². The normalized spacial score (nSPS) is 24.4. The summed E-state index contributed by atoms with van der Waals surface area (Å²) in [4.78, 5) is 2.27. The van der Waals surface area contributed by atoms with Crippen molar-refractivity contribution in [3.63, 3.8) is 0 Å². The minimum absolute atomic E-state index is 0.0513. The molecule has 2 N–H and O–H groups in total. The Balaban J connectivity index is 2.27. The maximum atomic E-state index is 9.87. The molecule has 1 aromatic rings. The number of fused-ring (bicyclic) bond motifs is 1. The summed E-state index contributed by atoms with van der Waals surface area (Å²) in [6, 6.07) is 14.0. The first kappa shape index (κ1) is 19.0. The van der Waals surface area contributed by atoms with Gasteiger partial charge in [0.15, 0.2) is 0 Å². The number of nitrogens with zero attached hydrogens (tertiary/aromatic N) is 4. The molecule has 1 aliphatic heterocycles. The van der Waals surface area contributed by atoms with Crippen molar-refractivity contribution >= 4 is 11.6 Å². The molecule has 136 valence electrons. The van der Waals surface area contributed by atoms with Gasteiger partial charge >= 0.3 is 0 Å². The maximum absolute atomic E-state index is 9.87. The number of allylic oxidation sites excluding steroid dienone is 2. The molecular weight excluding hydrogens is 358 g/mol. The predicted molar refractivity (Wildman–Crippen MR) is 103 cm³/mol. The molecule has 1 heterocycles. The smallest absolute Gasteiger partial charge is 0.204 e. The van der Waals surface area contributed by atoms with Crippen LogP contribution < -0.4 is 5.73 Å². The van der Waals surface area contributed by atoms with Gasteiger partial charge in [-0.2, -0.15) is 15.8 Å². The molecule has 5 nitrogen and oxygen atoms in total. The fraction of sp³-hybridized carbons (Fsp3) is 0.381. The second-order valence-corrected chi connectivity index (χ2v) is 7.69.